The van der Waals surface area contributed by atoms with Gasteiger partial charge < -0.3 is 4.74 Å². The first-order valence-electron chi connectivity index (χ1n) is 4.76. The summed E-state index contributed by atoms with van der Waals surface area (Å²) < 4.78 is 43.8. The number of rotatable bonds is 4. The highest BCUT2D eigenvalue weighted by Crippen LogP contribution is 2.20. The average molecular weight is 248 g/mol. The lowest BCUT2D eigenvalue weighted by atomic mass is 10.1. The van der Waals surface area contributed by atoms with Crippen LogP contribution in [0.5, 0.6) is 0 Å². The van der Waals surface area contributed by atoms with Crippen LogP contribution in [0.15, 0.2) is 24.3 Å². The number of carbonyl (C=O) groups excluding carboxylic acids is 1. The van der Waals surface area contributed by atoms with E-state index in [2.05, 4.69) is 9.47 Å². The quantitative estimate of drug-likeness (QED) is 0.768. The predicted molar refractivity (Wildman–Crippen MR) is 53.0 cm³/mol. The van der Waals surface area contributed by atoms with Crippen LogP contribution in [0.2, 0.25) is 0 Å². The van der Waals surface area contributed by atoms with Gasteiger partial charge in [-0.1, -0.05) is 24.3 Å². The largest absolute Gasteiger partial charge is 0.522 e. The van der Waals surface area contributed by atoms with Crippen LogP contribution in [0, 0.1) is 0 Å². The van der Waals surface area contributed by atoms with E-state index >= 15 is 0 Å². The Balaban J connectivity index is 2.74. The van der Waals surface area contributed by atoms with Crippen LogP contribution in [0.1, 0.15) is 11.1 Å². The van der Waals surface area contributed by atoms with Crippen molar-refractivity contribution in [3.05, 3.63) is 35.4 Å². The molecule has 0 heterocycles. The molecule has 6 heteroatoms. The molecule has 0 unspecified atom stereocenters. The number of methoxy groups -OCH3 is 1. The van der Waals surface area contributed by atoms with Crippen LogP contribution >= 0.6 is 0 Å². The SMILES string of the molecule is COC(=O)Cc1ccccc1COC(F)(F)F. The van der Waals surface area contributed by atoms with Crippen molar-refractivity contribution in [3.8, 4) is 0 Å². The number of ether oxygens (including phenoxy) is 2. The van der Waals surface area contributed by atoms with Gasteiger partial charge in [0.1, 0.15) is 0 Å². The molecular formula is C11H11F3O3. The second kappa shape index (κ2) is 5.67. The van der Waals surface area contributed by atoms with Crippen molar-refractivity contribution in [2.75, 3.05) is 7.11 Å². The first kappa shape index (κ1) is 13.5. The smallest absolute Gasteiger partial charge is 0.469 e. The first-order chi connectivity index (χ1) is 7.92. The number of esters is 1. The molecule has 0 amide bonds. The molecule has 0 aromatic heterocycles. The average Bonchev–Trinajstić information content (AvgIpc) is 2.26. The monoisotopic (exact) mass is 248 g/mol. The maximum atomic E-state index is 11.9. The first-order valence-corrected chi connectivity index (χ1v) is 4.76. The van der Waals surface area contributed by atoms with E-state index in [0.717, 1.165) is 0 Å². The molecule has 1 aromatic carbocycles. The molecule has 0 N–H and O–H groups in total. The van der Waals surface area contributed by atoms with E-state index in [-0.39, 0.29) is 6.42 Å². The molecule has 0 bridgehead atoms. The van der Waals surface area contributed by atoms with Crippen molar-refractivity contribution in [2.45, 2.75) is 19.4 Å². The lowest BCUT2D eigenvalue weighted by Gasteiger charge is -2.10. The summed E-state index contributed by atoms with van der Waals surface area (Å²) in [7, 11) is 1.22. The zero-order valence-electron chi connectivity index (χ0n) is 9.08. The highest BCUT2D eigenvalue weighted by Gasteiger charge is 2.29. The number of benzene rings is 1. The molecule has 0 aliphatic carbocycles. The number of halogens is 3. The van der Waals surface area contributed by atoms with Crippen molar-refractivity contribution in [3.63, 3.8) is 0 Å². The molecule has 0 spiro atoms. The summed E-state index contributed by atoms with van der Waals surface area (Å²) in [6.45, 7) is -0.614. The molecule has 0 saturated carbocycles. The van der Waals surface area contributed by atoms with Crippen LogP contribution in [-0.2, 0) is 27.3 Å². The van der Waals surface area contributed by atoms with Crippen molar-refractivity contribution in [1.29, 1.82) is 0 Å². The summed E-state index contributed by atoms with van der Waals surface area (Å²) in [5.41, 5.74) is 0.777. The van der Waals surface area contributed by atoms with Gasteiger partial charge in [-0.25, -0.2) is 0 Å². The summed E-state index contributed by atoms with van der Waals surface area (Å²) in [6.07, 6.45) is -4.76. The third-order valence-electron chi connectivity index (χ3n) is 2.07. The van der Waals surface area contributed by atoms with Gasteiger partial charge in [-0.2, -0.15) is 0 Å². The maximum Gasteiger partial charge on any atom is 0.522 e. The molecule has 17 heavy (non-hydrogen) atoms. The van der Waals surface area contributed by atoms with E-state index < -0.39 is 18.9 Å². The Labute approximate surface area is 96.1 Å². The van der Waals surface area contributed by atoms with Gasteiger partial charge in [0.05, 0.1) is 20.1 Å². The van der Waals surface area contributed by atoms with Gasteiger partial charge in [0.15, 0.2) is 0 Å². The molecule has 0 aliphatic heterocycles. The molecule has 0 saturated heterocycles. The zero-order valence-corrected chi connectivity index (χ0v) is 9.08. The van der Waals surface area contributed by atoms with Gasteiger partial charge in [0, 0.05) is 0 Å². The van der Waals surface area contributed by atoms with E-state index in [9.17, 15) is 18.0 Å². The third-order valence-corrected chi connectivity index (χ3v) is 2.07. The Morgan fingerprint density at radius 3 is 2.35 bits per heavy atom. The van der Waals surface area contributed by atoms with E-state index in [1.54, 1.807) is 18.2 Å². The number of alkyl halides is 3. The summed E-state index contributed by atoms with van der Waals surface area (Å²) in [5, 5.41) is 0. The second-order valence-corrected chi connectivity index (χ2v) is 3.26. The Hall–Kier alpha value is -1.56. The predicted octanol–water partition coefficient (Wildman–Crippen LogP) is 2.44. The number of hydrogen-bond acceptors (Lipinski definition) is 3. The van der Waals surface area contributed by atoms with Gasteiger partial charge in [-0.15, -0.1) is 13.2 Å². The lowest BCUT2D eigenvalue weighted by molar-refractivity contribution is -0.330. The number of hydrogen-bond donors (Lipinski definition) is 0. The lowest BCUT2D eigenvalue weighted by Crippen LogP contribution is -2.14. The van der Waals surface area contributed by atoms with Crippen LogP contribution in [-0.4, -0.2) is 19.4 Å². The van der Waals surface area contributed by atoms with Crippen LogP contribution in [0.25, 0.3) is 0 Å². The summed E-state index contributed by atoms with van der Waals surface area (Å²) in [5.74, 6) is -0.510. The van der Waals surface area contributed by atoms with Gasteiger partial charge in [-0.3, -0.25) is 9.53 Å². The van der Waals surface area contributed by atoms with E-state index in [1.807, 2.05) is 0 Å². The minimum atomic E-state index is -4.68. The number of carbonyl (C=O) groups is 1. The summed E-state index contributed by atoms with van der Waals surface area (Å²) >= 11 is 0. The Bertz CT molecular complexity index is 388. The Morgan fingerprint density at radius 1 is 1.24 bits per heavy atom. The van der Waals surface area contributed by atoms with Gasteiger partial charge in [0.2, 0.25) is 0 Å². The second-order valence-electron chi connectivity index (χ2n) is 3.26. The minimum absolute atomic E-state index is 0.0755. The van der Waals surface area contributed by atoms with E-state index in [1.165, 1.54) is 13.2 Å². The molecule has 0 radical (unpaired) electrons. The molecule has 3 nitrogen and oxygen atoms in total. The van der Waals surface area contributed by atoms with Gasteiger partial charge in [-0.05, 0) is 11.1 Å². The molecular weight excluding hydrogens is 237 g/mol. The fraction of sp³-hybridized carbons (Fsp3) is 0.364. The summed E-state index contributed by atoms with van der Waals surface area (Å²) in [6, 6.07) is 6.25. The van der Waals surface area contributed by atoms with Crippen LogP contribution < -0.4 is 0 Å². The van der Waals surface area contributed by atoms with E-state index in [0.29, 0.717) is 11.1 Å². The third kappa shape index (κ3) is 4.86. The topological polar surface area (TPSA) is 35.5 Å². The fourth-order valence-electron chi connectivity index (χ4n) is 1.26. The van der Waals surface area contributed by atoms with Gasteiger partial charge in [0.25, 0.3) is 0 Å². The van der Waals surface area contributed by atoms with Crippen molar-refractivity contribution < 1.29 is 27.4 Å². The zero-order chi connectivity index (χ0) is 12.9. The van der Waals surface area contributed by atoms with E-state index in [4.69, 9.17) is 0 Å². The van der Waals surface area contributed by atoms with Crippen LogP contribution in [0.3, 0.4) is 0 Å². The van der Waals surface area contributed by atoms with Crippen molar-refractivity contribution >= 4 is 5.97 Å². The highest BCUT2D eigenvalue weighted by molar-refractivity contribution is 5.72. The molecule has 0 aliphatic rings. The fourth-order valence-corrected chi connectivity index (χ4v) is 1.26. The van der Waals surface area contributed by atoms with Crippen molar-refractivity contribution in [1.82, 2.24) is 0 Å². The molecule has 0 atom stereocenters. The Kier molecular flexibility index (Phi) is 4.51. The molecule has 94 valence electrons. The molecule has 1 aromatic rings. The van der Waals surface area contributed by atoms with Gasteiger partial charge >= 0.3 is 12.3 Å². The normalized spacial score (nSPS) is 11.3. The molecule has 1 rings (SSSR count). The summed E-state index contributed by atoms with van der Waals surface area (Å²) in [4.78, 5) is 11.0. The molecule has 0 fully saturated rings. The Morgan fingerprint density at radius 2 is 1.82 bits per heavy atom. The highest BCUT2D eigenvalue weighted by atomic mass is 19.4. The minimum Gasteiger partial charge on any atom is -0.469 e. The standard InChI is InChI=1S/C11H11F3O3/c1-16-10(15)6-8-4-2-3-5-9(8)7-17-11(12,13)14/h2-5H,6-7H2,1H3. The van der Waals surface area contributed by atoms with Crippen LogP contribution in [0.4, 0.5) is 13.2 Å². The van der Waals surface area contributed by atoms with Crippen molar-refractivity contribution in [2.24, 2.45) is 0 Å². The maximum absolute atomic E-state index is 11.9.